The largest absolute Gasteiger partial charge is 0.454 e. The van der Waals surface area contributed by atoms with Gasteiger partial charge in [0.05, 0.1) is 11.1 Å². The molecular formula is C16H12BrN3O5. The third-order valence-electron chi connectivity index (χ3n) is 3.52. The highest BCUT2D eigenvalue weighted by molar-refractivity contribution is 9.10. The summed E-state index contributed by atoms with van der Waals surface area (Å²) in [7, 11) is 0. The van der Waals surface area contributed by atoms with Crippen molar-refractivity contribution in [2.24, 2.45) is 5.10 Å². The number of hydrogen-bond donors (Lipinski definition) is 1. The lowest BCUT2D eigenvalue weighted by molar-refractivity contribution is -0.385. The average Bonchev–Trinajstić information content (AvgIpc) is 3.01. The van der Waals surface area contributed by atoms with Gasteiger partial charge in [0.2, 0.25) is 6.79 Å². The second kappa shape index (κ2) is 6.89. The number of aryl methyl sites for hydroxylation is 1. The highest BCUT2D eigenvalue weighted by Crippen LogP contribution is 2.36. The van der Waals surface area contributed by atoms with E-state index in [0.717, 1.165) is 4.47 Å². The van der Waals surface area contributed by atoms with Crippen LogP contribution in [0.15, 0.2) is 39.9 Å². The van der Waals surface area contributed by atoms with E-state index in [9.17, 15) is 14.9 Å². The summed E-state index contributed by atoms with van der Waals surface area (Å²) >= 11 is 3.39. The number of fused-ring (bicyclic) bond motifs is 1. The lowest BCUT2D eigenvalue weighted by atomic mass is 10.1. The number of benzene rings is 2. The maximum Gasteiger partial charge on any atom is 0.272 e. The Morgan fingerprint density at radius 1 is 1.32 bits per heavy atom. The Labute approximate surface area is 150 Å². The highest BCUT2D eigenvalue weighted by Gasteiger charge is 2.16. The van der Waals surface area contributed by atoms with Crippen LogP contribution in [-0.4, -0.2) is 23.8 Å². The number of halogens is 1. The molecule has 8 nitrogen and oxygen atoms in total. The molecule has 9 heteroatoms. The van der Waals surface area contributed by atoms with E-state index in [2.05, 4.69) is 26.5 Å². The molecule has 0 aromatic heterocycles. The number of ether oxygens (including phenoxy) is 2. The van der Waals surface area contributed by atoms with Crippen LogP contribution in [0.2, 0.25) is 0 Å². The molecule has 128 valence electrons. The number of nitrogens with zero attached hydrogens (tertiary/aromatic N) is 2. The van der Waals surface area contributed by atoms with Crippen LogP contribution in [0.25, 0.3) is 0 Å². The zero-order valence-electron chi connectivity index (χ0n) is 13.0. The molecule has 1 aliphatic heterocycles. The van der Waals surface area contributed by atoms with Crippen LogP contribution < -0.4 is 14.9 Å². The molecule has 0 spiro atoms. The van der Waals surface area contributed by atoms with Crippen molar-refractivity contribution in [1.82, 2.24) is 5.43 Å². The molecular weight excluding hydrogens is 394 g/mol. The van der Waals surface area contributed by atoms with Crippen molar-refractivity contribution in [3.63, 3.8) is 0 Å². The lowest BCUT2D eigenvalue weighted by Crippen LogP contribution is -2.17. The third-order valence-corrected chi connectivity index (χ3v) is 4.20. The van der Waals surface area contributed by atoms with Crippen molar-refractivity contribution >= 4 is 33.7 Å². The van der Waals surface area contributed by atoms with E-state index < -0.39 is 10.8 Å². The van der Waals surface area contributed by atoms with Crippen molar-refractivity contribution in [3.8, 4) is 11.5 Å². The zero-order valence-corrected chi connectivity index (χ0v) is 14.6. The van der Waals surface area contributed by atoms with Crippen LogP contribution >= 0.6 is 15.9 Å². The molecule has 0 fully saturated rings. The lowest BCUT2D eigenvalue weighted by Gasteiger charge is -2.03. The van der Waals surface area contributed by atoms with Gasteiger partial charge >= 0.3 is 0 Å². The zero-order chi connectivity index (χ0) is 18.0. The van der Waals surface area contributed by atoms with Gasteiger partial charge in [0.1, 0.15) is 0 Å². The van der Waals surface area contributed by atoms with Crippen molar-refractivity contribution in [2.75, 3.05) is 6.79 Å². The van der Waals surface area contributed by atoms with E-state index in [-0.39, 0.29) is 18.0 Å². The van der Waals surface area contributed by atoms with Gasteiger partial charge in [0, 0.05) is 27.2 Å². The first-order chi connectivity index (χ1) is 12.0. The van der Waals surface area contributed by atoms with Gasteiger partial charge in [0.25, 0.3) is 11.6 Å². The van der Waals surface area contributed by atoms with Crippen LogP contribution in [0.3, 0.4) is 0 Å². The van der Waals surface area contributed by atoms with E-state index in [0.29, 0.717) is 22.6 Å². The fourth-order valence-corrected chi connectivity index (χ4v) is 2.68. The summed E-state index contributed by atoms with van der Waals surface area (Å²) in [6.07, 6.45) is 1.46. The quantitative estimate of drug-likeness (QED) is 0.477. The molecule has 25 heavy (non-hydrogen) atoms. The number of hydrazone groups is 1. The van der Waals surface area contributed by atoms with Gasteiger partial charge in [-0.15, -0.1) is 0 Å². The SMILES string of the molecule is Cc1cc(C(=O)N/N=C/c2cc3c(cc2Br)OCO3)ccc1[N+](=O)[O-]. The van der Waals surface area contributed by atoms with Gasteiger partial charge in [-0.3, -0.25) is 14.9 Å². The van der Waals surface area contributed by atoms with E-state index in [1.165, 1.54) is 24.4 Å². The second-order valence-electron chi connectivity index (χ2n) is 5.18. The number of nitro groups is 1. The average molecular weight is 406 g/mol. The fourth-order valence-electron chi connectivity index (χ4n) is 2.26. The smallest absolute Gasteiger partial charge is 0.272 e. The summed E-state index contributed by atoms with van der Waals surface area (Å²) in [5, 5.41) is 14.7. The summed E-state index contributed by atoms with van der Waals surface area (Å²) in [5.74, 6) is 0.766. The first kappa shape index (κ1) is 16.9. The number of rotatable bonds is 4. The van der Waals surface area contributed by atoms with Crippen LogP contribution in [0.4, 0.5) is 5.69 Å². The maximum atomic E-state index is 12.1. The first-order valence-electron chi connectivity index (χ1n) is 7.13. The van der Waals surface area contributed by atoms with Crippen molar-refractivity contribution in [1.29, 1.82) is 0 Å². The normalized spacial score (nSPS) is 12.4. The molecule has 2 aromatic carbocycles. The monoisotopic (exact) mass is 405 g/mol. The van der Waals surface area contributed by atoms with Crippen molar-refractivity contribution in [2.45, 2.75) is 6.92 Å². The van der Waals surface area contributed by atoms with E-state index in [1.54, 1.807) is 19.1 Å². The first-order valence-corrected chi connectivity index (χ1v) is 7.92. The van der Waals surface area contributed by atoms with Gasteiger partial charge in [0.15, 0.2) is 11.5 Å². The van der Waals surface area contributed by atoms with Crippen LogP contribution in [0, 0.1) is 17.0 Å². The molecule has 0 unspecified atom stereocenters. The summed E-state index contributed by atoms with van der Waals surface area (Å²) in [6.45, 7) is 1.74. The number of nitro benzene ring substituents is 1. The summed E-state index contributed by atoms with van der Waals surface area (Å²) in [5.41, 5.74) is 3.73. The van der Waals surface area contributed by atoms with E-state index in [4.69, 9.17) is 9.47 Å². The van der Waals surface area contributed by atoms with Gasteiger partial charge in [-0.25, -0.2) is 5.43 Å². The Hall–Kier alpha value is -2.94. The molecule has 0 saturated heterocycles. The Bertz CT molecular complexity index is 898. The van der Waals surface area contributed by atoms with Gasteiger partial charge in [-0.2, -0.15) is 5.10 Å². The van der Waals surface area contributed by atoms with Gasteiger partial charge in [-0.1, -0.05) is 0 Å². The fraction of sp³-hybridized carbons (Fsp3) is 0.125. The van der Waals surface area contributed by atoms with E-state index in [1.807, 2.05) is 0 Å². The number of nitrogens with one attached hydrogen (secondary N) is 1. The molecule has 2 aromatic rings. The molecule has 1 aliphatic rings. The summed E-state index contributed by atoms with van der Waals surface area (Å²) in [6, 6.07) is 7.61. The van der Waals surface area contributed by atoms with Gasteiger partial charge < -0.3 is 9.47 Å². The second-order valence-corrected chi connectivity index (χ2v) is 6.04. The Morgan fingerprint density at radius 3 is 2.72 bits per heavy atom. The van der Waals surface area contributed by atoms with Crippen molar-refractivity contribution < 1.29 is 19.2 Å². The number of carbonyl (C=O) groups excluding carboxylic acids is 1. The van der Waals surface area contributed by atoms with Crippen LogP contribution in [0.1, 0.15) is 21.5 Å². The topological polar surface area (TPSA) is 103 Å². The molecule has 1 heterocycles. The minimum atomic E-state index is -0.494. The standard InChI is InChI=1S/C16H12BrN3O5/c1-9-4-10(2-3-13(9)20(22)23)16(21)19-18-7-11-5-14-15(6-12(11)17)25-8-24-14/h2-7H,8H2,1H3,(H,19,21)/b18-7+. The Kier molecular flexibility index (Phi) is 4.66. The molecule has 1 N–H and O–H groups in total. The minimum absolute atomic E-state index is 0.0376. The molecule has 0 bridgehead atoms. The predicted octanol–water partition coefficient (Wildman–Crippen LogP) is 3.16. The van der Waals surface area contributed by atoms with E-state index >= 15 is 0 Å². The Morgan fingerprint density at radius 2 is 2.04 bits per heavy atom. The van der Waals surface area contributed by atoms with Crippen molar-refractivity contribution in [3.05, 3.63) is 61.6 Å². The molecule has 0 radical (unpaired) electrons. The number of amides is 1. The molecule has 3 rings (SSSR count). The van der Waals surface area contributed by atoms with Crippen LogP contribution in [0.5, 0.6) is 11.5 Å². The summed E-state index contributed by atoms with van der Waals surface area (Å²) in [4.78, 5) is 22.4. The third kappa shape index (κ3) is 3.61. The molecule has 0 saturated carbocycles. The predicted molar refractivity (Wildman–Crippen MR) is 93.2 cm³/mol. The number of carbonyl (C=O) groups is 1. The van der Waals surface area contributed by atoms with Crippen LogP contribution in [-0.2, 0) is 0 Å². The molecule has 0 aliphatic carbocycles. The van der Waals surface area contributed by atoms with Gasteiger partial charge in [-0.05, 0) is 47.1 Å². The Balaban J connectivity index is 1.71. The number of hydrogen-bond acceptors (Lipinski definition) is 6. The summed E-state index contributed by atoms with van der Waals surface area (Å²) < 4.78 is 11.3. The maximum absolute atomic E-state index is 12.1. The molecule has 1 amide bonds. The highest BCUT2D eigenvalue weighted by atomic mass is 79.9. The molecule has 0 atom stereocenters. The minimum Gasteiger partial charge on any atom is -0.454 e.